The fourth-order valence-electron chi connectivity index (χ4n) is 8.19. The SMILES string of the molecule is C[C@@H]1CN(c2ccc3c(c2)C(=O)N(C2CCC(=O)NC2=O)C3=O)C[C@@H](C)N1CCc1ccc(C(=O)NC2CCC(Oc3ccc(C#N)c(Cl)c3)CC2)cc1. The molecule has 7 rings (SSSR count). The van der Waals surface area contributed by atoms with Gasteiger partial charge in [-0.2, -0.15) is 5.26 Å². The lowest BCUT2D eigenvalue weighted by Gasteiger charge is -2.45. The third-order valence-corrected chi connectivity index (χ3v) is 11.5. The molecule has 13 heteroatoms. The van der Waals surface area contributed by atoms with Crippen molar-refractivity contribution in [1.29, 1.82) is 5.26 Å². The summed E-state index contributed by atoms with van der Waals surface area (Å²) in [6.07, 6.45) is 4.32. The highest BCUT2D eigenvalue weighted by molar-refractivity contribution is 6.31. The maximum atomic E-state index is 13.4. The highest BCUT2D eigenvalue weighted by Gasteiger charge is 2.45. The Morgan fingerprint density at radius 2 is 1.61 bits per heavy atom. The molecule has 3 aromatic rings. The third-order valence-electron chi connectivity index (χ3n) is 11.1. The predicted octanol–water partition coefficient (Wildman–Crippen LogP) is 4.87. The van der Waals surface area contributed by atoms with Gasteiger partial charge in [-0.1, -0.05) is 23.7 Å². The van der Waals surface area contributed by atoms with Gasteiger partial charge in [0.15, 0.2) is 0 Å². The van der Waals surface area contributed by atoms with Crippen LogP contribution in [0, 0.1) is 11.3 Å². The topological polar surface area (TPSA) is 152 Å². The first-order valence-electron chi connectivity index (χ1n) is 18.6. The molecule has 2 saturated heterocycles. The average molecular weight is 751 g/mol. The molecule has 0 spiro atoms. The van der Waals surface area contributed by atoms with Gasteiger partial charge in [-0.05, 0) is 100 Å². The summed E-state index contributed by atoms with van der Waals surface area (Å²) in [6, 6.07) is 19.8. The quantitative estimate of drug-likeness (QED) is 0.292. The van der Waals surface area contributed by atoms with Gasteiger partial charge in [0, 0.05) is 61.5 Å². The van der Waals surface area contributed by atoms with E-state index in [0.717, 1.165) is 67.9 Å². The minimum absolute atomic E-state index is 0.0337. The van der Waals surface area contributed by atoms with Crippen LogP contribution in [-0.4, -0.2) is 89.2 Å². The maximum absolute atomic E-state index is 13.4. The van der Waals surface area contributed by atoms with Gasteiger partial charge in [0.25, 0.3) is 17.7 Å². The van der Waals surface area contributed by atoms with Crippen LogP contribution in [0.3, 0.4) is 0 Å². The van der Waals surface area contributed by atoms with Crippen LogP contribution in [-0.2, 0) is 16.0 Å². The fourth-order valence-corrected chi connectivity index (χ4v) is 8.40. The highest BCUT2D eigenvalue weighted by atomic mass is 35.5. The second-order valence-corrected chi connectivity index (χ2v) is 15.2. The number of anilines is 1. The molecule has 5 amide bonds. The van der Waals surface area contributed by atoms with Crippen LogP contribution in [0.25, 0.3) is 0 Å². The van der Waals surface area contributed by atoms with E-state index in [0.29, 0.717) is 21.9 Å². The Labute approximate surface area is 319 Å². The molecule has 4 aliphatic rings. The Balaban J connectivity index is 0.878. The Morgan fingerprint density at radius 3 is 2.28 bits per heavy atom. The summed E-state index contributed by atoms with van der Waals surface area (Å²) < 4.78 is 6.09. The summed E-state index contributed by atoms with van der Waals surface area (Å²) in [7, 11) is 0. The number of hydrogen-bond donors (Lipinski definition) is 2. The number of amides is 5. The lowest BCUT2D eigenvalue weighted by atomic mass is 9.92. The van der Waals surface area contributed by atoms with Gasteiger partial charge in [0.05, 0.1) is 27.8 Å². The van der Waals surface area contributed by atoms with E-state index in [1.54, 1.807) is 30.3 Å². The Bertz CT molecular complexity index is 2010. The Kier molecular flexibility index (Phi) is 10.7. The number of rotatable bonds is 9. The van der Waals surface area contributed by atoms with Gasteiger partial charge < -0.3 is 15.0 Å². The van der Waals surface area contributed by atoms with E-state index in [1.165, 1.54) is 0 Å². The molecule has 2 N–H and O–H groups in total. The van der Waals surface area contributed by atoms with E-state index in [-0.39, 0.29) is 54.1 Å². The molecule has 3 heterocycles. The second kappa shape index (κ2) is 15.6. The largest absolute Gasteiger partial charge is 0.490 e. The van der Waals surface area contributed by atoms with Crippen LogP contribution in [0.5, 0.6) is 5.75 Å². The third kappa shape index (κ3) is 7.70. The minimum Gasteiger partial charge on any atom is -0.490 e. The van der Waals surface area contributed by atoms with Crippen molar-refractivity contribution in [3.8, 4) is 11.8 Å². The van der Waals surface area contributed by atoms with Crippen molar-refractivity contribution in [3.05, 3.63) is 93.5 Å². The van der Waals surface area contributed by atoms with Crippen molar-refractivity contribution in [3.63, 3.8) is 0 Å². The molecule has 0 aromatic heterocycles. The zero-order valence-corrected chi connectivity index (χ0v) is 31.1. The summed E-state index contributed by atoms with van der Waals surface area (Å²) in [5.74, 6) is -1.46. The van der Waals surface area contributed by atoms with Crippen molar-refractivity contribution in [1.82, 2.24) is 20.4 Å². The number of nitrogens with zero attached hydrogens (tertiary/aromatic N) is 4. The van der Waals surface area contributed by atoms with Crippen molar-refractivity contribution < 1.29 is 28.7 Å². The van der Waals surface area contributed by atoms with Crippen LogP contribution >= 0.6 is 11.6 Å². The van der Waals surface area contributed by atoms with Gasteiger partial charge in [0.2, 0.25) is 11.8 Å². The summed E-state index contributed by atoms with van der Waals surface area (Å²) in [6.45, 7) is 6.69. The number of fused-ring (bicyclic) bond motifs is 1. The van der Waals surface area contributed by atoms with Gasteiger partial charge in [-0.25, -0.2) is 0 Å². The lowest BCUT2D eigenvalue weighted by molar-refractivity contribution is -0.136. The highest BCUT2D eigenvalue weighted by Crippen LogP contribution is 2.32. The minimum atomic E-state index is -0.990. The molecule has 12 nitrogen and oxygen atoms in total. The number of imide groups is 2. The monoisotopic (exact) mass is 750 g/mol. The molecule has 3 fully saturated rings. The zero-order chi connectivity index (χ0) is 38.1. The van der Waals surface area contributed by atoms with Gasteiger partial charge in [-0.3, -0.25) is 39.1 Å². The summed E-state index contributed by atoms with van der Waals surface area (Å²) in [5.41, 5.74) is 3.61. The van der Waals surface area contributed by atoms with E-state index >= 15 is 0 Å². The van der Waals surface area contributed by atoms with Gasteiger partial charge in [0.1, 0.15) is 17.9 Å². The van der Waals surface area contributed by atoms with Crippen LogP contribution < -0.4 is 20.3 Å². The Hall–Kier alpha value is -5.25. The number of nitriles is 1. The molecule has 1 aliphatic carbocycles. The lowest BCUT2D eigenvalue weighted by Crippen LogP contribution is -2.57. The first-order valence-corrected chi connectivity index (χ1v) is 19.0. The number of hydrogen-bond acceptors (Lipinski definition) is 9. The number of benzene rings is 3. The average Bonchev–Trinajstić information content (AvgIpc) is 3.40. The van der Waals surface area contributed by atoms with E-state index in [1.807, 2.05) is 30.3 Å². The first kappa shape index (κ1) is 37.1. The van der Waals surface area contributed by atoms with E-state index < -0.39 is 29.7 Å². The summed E-state index contributed by atoms with van der Waals surface area (Å²) >= 11 is 6.15. The predicted molar refractivity (Wildman–Crippen MR) is 201 cm³/mol. The van der Waals surface area contributed by atoms with E-state index in [4.69, 9.17) is 21.6 Å². The molecule has 0 bridgehead atoms. The smallest absolute Gasteiger partial charge is 0.262 e. The van der Waals surface area contributed by atoms with Crippen LogP contribution in [0.15, 0.2) is 60.7 Å². The molecule has 1 saturated carbocycles. The number of carbonyl (C=O) groups excluding carboxylic acids is 5. The van der Waals surface area contributed by atoms with Crippen molar-refractivity contribution in [2.24, 2.45) is 0 Å². The fraction of sp³-hybridized carbons (Fsp3) is 0.415. The molecule has 3 aliphatic heterocycles. The van der Waals surface area contributed by atoms with Crippen LogP contribution in [0.1, 0.15) is 94.6 Å². The van der Waals surface area contributed by atoms with Crippen molar-refractivity contribution in [2.45, 2.75) is 89.1 Å². The summed E-state index contributed by atoms with van der Waals surface area (Å²) in [5, 5.41) is 14.9. The van der Waals surface area contributed by atoms with Crippen molar-refractivity contribution >= 4 is 46.8 Å². The van der Waals surface area contributed by atoms with Gasteiger partial charge in [-0.15, -0.1) is 0 Å². The molecular weight excluding hydrogens is 708 g/mol. The number of carbonyl (C=O) groups is 5. The zero-order valence-electron chi connectivity index (χ0n) is 30.3. The molecule has 0 radical (unpaired) electrons. The standard InChI is InChI=1S/C41H43ClN6O6/c1-24-22-46(30-10-14-33-34(19-30)41(53)48(40(33)52)36-15-16-37(49)45-39(36)51)23-25(2)47(24)18-17-26-3-5-27(6-4-26)38(50)44-29-8-12-31(13-9-29)54-32-11-7-28(21-43)35(42)20-32/h3-7,10-11,14,19-20,24-25,29,31,36H,8-9,12-13,15-18,22-23H2,1-2H3,(H,44,50)(H,45,49,51)/t24-,25-,29?,31?,36?/m1/s1. The number of piperidine rings is 1. The molecule has 1 unspecified atom stereocenters. The number of piperazine rings is 1. The maximum Gasteiger partial charge on any atom is 0.262 e. The number of nitrogens with one attached hydrogen (secondary N) is 2. The molecule has 54 heavy (non-hydrogen) atoms. The Morgan fingerprint density at radius 1 is 0.907 bits per heavy atom. The normalized spacial score (nSPS) is 24.5. The van der Waals surface area contributed by atoms with Gasteiger partial charge >= 0.3 is 0 Å². The molecule has 3 atom stereocenters. The van der Waals surface area contributed by atoms with Crippen LogP contribution in [0.2, 0.25) is 5.02 Å². The van der Waals surface area contributed by atoms with E-state index in [9.17, 15) is 24.0 Å². The summed E-state index contributed by atoms with van der Waals surface area (Å²) in [4.78, 5) is 69.4. The van der Waals surface area contributed by atoms with Crippen LogP contribution in [0.4, 0.5) is 5.69 Å². The second-order valence-electron chi connectivity index (χ2n) is 14.8. The number of halogens is 1. The number of ether oxygens (including phenoxy) is 1. The van der Waals surface area contributed by atoms with Crippen molar-refractivity contribution in [2.75, 3.05) is 24.5 Å². The van der Waals surface area contributed by atoms with E-state index in [2.05, 4.69) is 40.4 Å². The molecule has 3 aromatic carbocycles. The molecular formula is C41H43ClN6O6. The molecule has 280 valence electrons. The first-order chi connectivity index (χ1) is 26.0.